The molecule has 0 saturated carbocycles. The van der Waals surface area contributed by atoms with Crippen molar-refractivity contribution in [3.63, 3.8) is 0 Å². The highest BCUT2D eigenvalue weighted by Gasteiger charge is 2.25. The molecule has 4 nitrogen and oxygen atoms in total. The summed E-state index contributed by atoms with van der Waals surface area (Å²) in [4.78, 5) is 0. The van der Waals surface area contributed by atoms with Crippen molar-refractivity contribution >= 4 is 26.0 Å². The predicted octanol–water partition coefficient (Wildman–Crippen LogP) is 2.77. The fourth-order valence-electron chi connectivity index (χ4n) is 2.71. The van der Waals surface area contributed by atoms with E-state index in [9.17, 15) is 8.42 Å². The van der Waals surface area contributed by atoms with Gasteiger partial charge in [0.15, 0.2) is 0 Å². The maximum Gasteiger partial charge on any atom is 0.211 e. The standard InChI is InChI=1S/C15H23BrN2O2S/c1-12(14-5-7-15(16)8-6-14)17-10-13-4-3-9-18(11-13)21(2,19)20/h5-8,12-13,17H,3-4,9-11H2,1-2H3/t12-,13?/m1/s1. The smallest absolute Gasteiger partial charge is 0.211 e. The predicted molar refractivity (Wildman–Crippen MR) is 89.7 cm³/mol. The van der Waals surface area contributed by atoms with Gasteiger partial charge in [-0.05, 0) is 49.9 Å². The molecular weight excluding hydrogens is 352 g/mol. The van der Waals surface area contributed by atoms with E-state index in [-0.39, 0.29) is 6.04 Å². The number of sulfonamides is 1. The Kier molecular flexibility index (Phi) is 5.82. The maximum absolute atomic E-state index is 11.6. The first kappa shape index (κ1) is 16.9. The Bertz CT molecular complexity index is 560. The van der Waals surface area contributed by atoms with Crippen molar-refractivity contribution in [1.82, 2.24) is 9.62 Å². The second kappa shape index (κ2) is 7.22. The van der Waals surface area contributed by atoms with Crippen molar-refractivity contribution in [3.05, 3.63) is 34.3 Å². The van der Waals surface area contributed by atoms with Gasteiger partial charge in [0.1, 0.15) is 0 Å². The molecule has 0 aromatic heterocycles. The van der Waals surface area contributed by atoms with Gasteiger partial charge in [-0.25, -0.2) is 12.7 Å². The van der Waals surface area contributed by atoms with Gasteiger partial charge in [-0.2, -0.15) is 0 Å². The van der Waals surface area contributed by atoms with Crippen LogP contribution >= 0.6 is 15.9 Å². The second-order valence-electron chi connectivity index (χ2n) is 5.81. The van der Waals surface area contributed by atoms with Gasteiger partial charge in [0.05, 0.1) is 6.26 Å². The Hall–Kier alpha value is -0.430. The monoisotopic (exact) mass is 374 g/mol. The highest BCUT2D eigenvalue weighted by atomic mass is 79.9. The highest BCUT2D eigenvalue weighted by molar-refractivity contribution is 9.10. The third kappa shape index (κ3) is 5.06. The lowest BCUT2D eigenvalue weighted by Crippen LogP contribution is -2.42. The zero-order valence-corrected chi connectivity index (χ0v) is 15.0. The van der Waals surface area contributed by atoms with E-state index in [4.69, 9.17) is 0 Å². The summed E-state index contributed by atoms with van der Waals surface area (Å²) < 4.78 is 25.9. The topological polar surface area (TPSA) is 49.4 Å². The van der Waals surface area contributed by atoms with E-state index in [0.717, 1.165) is 23.9 Å². The molecule has 1 fully saturated rings. The third-order valence-corrected chi connectivity index (χ3v) is 5.83. The molecule has 21 heavy (non-hydrogen) atoms. The number of piperidine rings is 1. The minimum absolute atomic E-state index is 0.270. The quantitative estimate of drug-likeness (QED) is 0.861. The van der Waals surface area contributed by atoms with E-state index in [1.165, 1.54) is 11.8 Å². The number of hydrogen-bond acceptors (Lipinski definition) is 3. The second-order valence-corrected chi connectivity index (χ2v) is 8.71. The van der Waals surface area contributed by atoms with Crippen LogP contribution in [0, 0.1) is 5.92 Å². The van der Waals surface area contributed by atoms with Crippen LogP contribution in [0.4, 0.5) is 0 Å². The molecule has 1 aliphatic heterocycles. The molecule has 1 heterocycles. The molecule has 0 aliphatic carbocycles. The van der Waals surface area contributed by atoms with Crippen molar-refractivity contribution in [2.24, 2.45) is 5.92 Å². The molecule has 1 N–H and O–H groups in total. The Morgan fingerprint density at radius 3 is 2.67 bits per heavy atom. The zero-order valence-electron chi connectivity index (χ0n) is 12.5. The minimum Gasteiger partial charge on any atom is -0.310 e. The summed E-state index contributed by atoms with van der Waals surface area (Å²) in [5.41, 5.74) is 1.24. The lowest BCUT2D eigenvalue weighted by atomic mass is 9.99. The number of halogens is 1. The minimum atomic E-state index is -3.05. The lowest BCUT2D eigenvalue weighted by molar-refractivity contribution is 0.257. The van der Waals surface area contributed by atoms with Gasteiger partial charge in [0.2, 0.25) is 10.0 Å². The Balaban J connectivity index is 1.86. The average molecular weight is 375 g/mol. The number of nitrogens with zero attached hydrogens (tertiary/aromatic N) is 1. The summed E-state index contributed by atoms with van der Waals surface area (Å²) >= 11 is 3.44. The molecule has 1 aromatic carbocycles. The summed E-state index contributed by atoms with van der Waals surface area (Å²) in [6.07, 6.45) is 3.34. The maximum atomic E-state index is 11.6. The molecule has 1 unspecified atom stereocenters. The van der Waals surface area contributed by atoms with Crippen molar-refractivity contribution in [1.29, 1.82) is 0 Å². The first-order valence-electron chi connectivity index (χ1n) is 7.30. The SMILES string of the molecule is C[C@@H](NCC1CCCN(S(C)(=O)=O)C1)c1ccc(Br)cc1. The fourth-order valence-corrected chi connectivity index (χ4v) is 3.91. The van der Waals surface area contributed by atoms with E-state index in [2.05, 4.69) is 40.3 Å². The van der Waals surface area contributed by atoms with Gasteiger partial charge in [-0.3, -0.25) is 0 Å². The van der Waals surface area contributed by atoms with Crippen LogP contribution in [0.15, 0.2) is 28.7 Å². The number of nitrogens with one attached hydrogen (secondary N) is 1. The van der Waals surface area contributed by atoms with E-state index in [0.29, 0.717) is 19.0 Å². The van der Waals surface area contributed by atoms with E-state index >= 15 is 0 Å². The molecule has 118 valence electrons. The largest absolute Gasteiger partial charge is 0.310 e. The molecule has 6 heteroatoms. The van der Waals surface area contributed by atoms with Crippen LogP contribution in [0.5, 0.6) is 0 Å². The third-order valence-electron chi connectivity index (χ3n) is 4.03. The molecular formula is C15H23BrN2O2S. The average Bonchev–Trinajstić information content (AvgIpc) is 2.45. The molecule has 2 atom stereocenters. The van der Waals surface area contributed by atoms with Crippen molar-refractivity contribution in [2.45, 2.75) is 25.8 Å². The fraction of sp³-hybridized carbons (Fsp3) is 0.600. The van der Waals surface area contributed by atoms with E-state index in [1.54, 1.807) is 4.31 Å². The van der Waals surface area contributed by atoms with Gasteiger partial charge in [0.25, 0.3) is 0 Å². The summed E-state index contributed by atoms with van der Waals surface area (Å²) in [6.45, 7) is 4.29. The molecule has 1 aromatic rings. The van der Waals surface area contributed by atoms with Crippen LogP contribution in [0.2, 0.25) is 0 Å². The summed E-state index contributed by atoms with van der Waals surface area (Å²) in [6, 6.07) is 8.56. The van der Waals surface area contributed by atoms with Crippen LogP contribution in [-0.2, 0) is 10.0 Å². The first-order valence-corrected chi connectivity index (χ1v) is 9.94. The lowest BCUT2D eigenvalue weighted by Gasteiger charge is -2.31. The number of benzene rings is 1. The summed E-state index contributed by atoms with van der Waals surface area (Å²) in [7, 11) is -3.05. The number of hydrogen-bond donors (Lipinski definition) is 1. The van der Waals surface area contributed by atoms with E-state index < -0.39 is 10.0 Å². The van der Waals surface area contributed by atoms with Crippen LogP contribution in [0.25, 0.3) is 0 Å². The van der Waals surface area contributed by atoms with Crippen LogP contribution in [0.1, 0.15) is 31.4 Å². The molecule has 1 aliphatic rings. The van der Waals surface area contributed by atoms with Gasteiger partial charge in [-0.1, -0.05) is 28.1 Å². The molecule has 1 saturated heterocycles. The van der Waals surface area contributed by atoms with E-state index in [1.807, 2.05) is 12.1 Å². The van der Waals surface area contributed by atoms with Crippen molar-refractivity contribution < 1.29 is 8.42 Å². The van der Waals surface area contributed by atoms with Gasteiger partial charge in [-0.15, -0.1) is 0 Å². The summed E-state index contributed by atoms with van der Waals surface area (Å²) in [5.74, 6) is 0.395. The Labute approximate surface area is 136 Å². The number of rotatable bonds is 5. The van der Waals surface area contributed by atoms with Crippen molar-refractivity contribution in [2.75, 3.05) is 25.9 Å². The summed E-state index contributed by atoms with van der Waals surface area (Å²) in [5, 5.41) is 3.52. The van der Waals surface area contributed by atoms with Gasteiger partial charge in [0, 0.05) is 23.6 Å². The Morgan fingerprint density at radius 1 is 1.38 bits per heavy atom. The molecule has 0 spiro atoms. The Morgan fingerprint density at radius 2 is 2.05 bits per heavy atom. The van der Waals surface area contributed by atoms with Crippen LogP contribution < -0.4 is 5.32 Å². The molecule has 0 amide bonds. The molecule has 0 bridgehead atoms. The van der Waals surface area contributed by atoms with Gasteiger partial charge >= 0.3 is 0 Å². The normalized spacial score (nSPS) is 22.1. The van der Waals surface area contributed by atoms with Crippen LogP contribution in [0.3, 0.4) is 0 Å². The zero-order chi connectivity index (χ0) is 15.5. The van der Waals surface area contributed by atoms with Crippen LogP contribution in [-0.4, -0.2) is 38.6 Å². The van der Waals surface area contributed by atoms with Gasteiger partial charge < -0.3 is 5.32 Å². The molecule has 2 rings (SSSR count). The van der Waals surface area contributed by atoms with Crippen molar-refractivity contribution in [3.8, 4) is 0 Å². The first-order chi connectivity index (χ1) is 9.86. The highest BCUT2D eigenvalue weighted by Crippen LogP contribution is 2.20. The molecule has 0 radical (unpaired) electrons.